The molecule has 0 N–H and O–H groups in total. The Hall–Kier alpha value is -5.40. The van der Waals surface area contributed by atoms with Gasteiger partial charge in [0.25, 0.3) is 0 Å². The van der Waals surface area contributed by atoms with Gasteiger partial charge in [0.1, 0.15) is 12.5 Å². The van der Waals surface area contributed by atoms with Crippen LogP contribution in [0, 0.1) is 13.8 Å². The van der Waals surface area contributed by atoms with Crippen LogP contribution < -0.4 is 9.80 Å². The highest BCUT2D eigenvalue weighted by Gasteiger charge is 2.32. The van der Waals surface area contributed by atoms with E-state index in [0.717, 1.165) is 61.5 Å². The smallest absolute Gasteiger partial charge is 0.206 e. The van der Waals surface area contributed by atoms with Crippen LogP contribution >= 0.6 is 0 Å². The van der Waals surface area contributed by atoms with Crippen molar-refractivity contribution in [1.82, 2.24) is 9.55 Å². The lowest BCUT2D eigenvalue weighted by Crippen LogP contribution is -2.24. The summed E-state index contributed by atoms with van der Waals surface area (Å²) in [7, 11) is -3.97. The van der Waals surface area contributed by atoms with Crippen molar-refractivity contribution in [1.29, 1.82) is 0 Å². The van der Waals surface area contributed by atoms with Gasteiger partial charge in [0.2, 0.25) is 9.84 Å². The number of pyridine rings is 1. The van der Waals surface area contributed by atoms with E-state index in [-0.39, 0.29) is 20.6 Å². The van der Waals surface area contributed by atoms with Gasteiger partial charge in [-0.1, -0.05) is 84.0 Å². The third-order valence-corrected chi connectivity index (χ3v) is 12.4. The van der Waals surface area contributed by atoms with Crippen LogP contribution in [0.3, 0.4) is 0 Å². The van der Waals surface area contributed by atoms with Crippen molar-refractivity contribution in [2.24, 2.45) is 0 Å². The van der Waals surface area contributed by atoms with Gasteiger partial charge >= 0.3 is 0 Å². The molecule has 0 radical (unpaired) electrons. The molecule has 2 aromatic heterocycles. The van der Waals surface area contributed by atoms with Gasteiger partial charge in [0.15, 0.2) is 0 Å². The maximum Gasteiger partial charge on any atom is 0.206 e. The molecule has 0 amide bonds. The molecular weight excluding hydrogens is 673 g/mol. The number of rotatable bonds is 5. The van der Waals surface area contributed by atoms with Crippen LogP contribution in [0.25, 0.3) is 27.6 Å². The lowest BCUT2D eigenvalue weighted by atomic mass is 9.87. The SMILES string of the molecule is Cc1cc2c(cc1C)N(c1cc(C(C)(C)C)cc(S(=O)(=O)c3ccc4c5ccccc5n(-c5cc(C(C)(C)C)ccn5)c4c3)c1)CN2c1ccccc1. The Morgan fingerprint density at radius 2 is 1.19 bits per heavy atom. The standard InChI is InChI=1S/C46H46N4O2S/c1-30-22-42-43(23-31(30)2)49(29-48(42)34-14-10-9-11-15-34)35-24-33(46(6,7)8)25-37(27-35)53(51,52)36-18-19-39-38-16-12-13-17-40(38)50(41(39)28-36)44-26-32(20-21-47-44)45(3,4)5/h9-28H,29H2,1-8H3. The van der Waals surface area contributed by atoms with E-state index in [0.29, 0.717) is 6.67 Å². The molecule has 1 aliphatic rings. The van der Waals surface area contributed by atoms with E-state index in [4.69, 9.17) is 4.98 Å². The lowest BCUT2D eigenvalue weighted by molar-refractivity contribution is 0.583. The molecule has 0 fully saturated rings. The number of aryl methyl sites for hydroxylation is 2. The number of aromatic nitrogens is 2. The third kappa shape index (κ3) is 5.97. The Bertz CT molecular complexity index is 2660. The maximum atomic E-state index is 14.9. The zero-order chi connectivity index (χ0) is 37.4. The summed E-state index contributed by atoms with van der Waals surface area (Å²) in [6, 6.07) is 38.6. The fourth-order valence-electron chi connectivity index (χ4n) is 7.40. The molecule has 268 valence electrons. The average molecular weight is 719 g/mol. The van der Waals surface area contributed by atoms with Gasteiger partial charge in [-0.3, -0.25) is 4.57 Å². The summed E-state index contributed by atoms with van der Waals surface area (Å²) in [5.74, 6) is 0.761. The predicted molar refractivity (Wildman–Crippen MR) is 219 cm³/mol. The molecular formula is C46H46N4O2S. The third-order valence-electron chi connectivity index (χ3n) is 10.7. The first-order chi connectivity index (χ1) is 25.1. The van der Waals surface area contributed by atoms with Gasteiger partial charge < -0.3 is 9.80 Å². The van der Waals surface area contributed by atoms with Gasteiger partial charge in [0, 0.05) is 28.3 Å². The van der Waals surface area contributed by atoms with E-state index in [1.54, 1.807) is 6.07 Å². The number of nitrogens with zero attached hydrogens (tertiary/aromatic N) is 4. The van der Waals surface area contributed by atoms with Crippen molar-refractivity contribution in [2.45, 2.75) is 76.0 Å². The summed E-state index contributed by atoms with van der Waals surface area (Å²) in [4.78, 5) is 9.87. The highest BCUT2D eigenvalue weighted by atomic mass is 32.2. The highest BCUT2D eigenvalue weighted by molar-refractivity contribution is 7.91. The Morgan fingerprint density at radius 3 is 1.87 bits per heavy atom. The van der Waals surface area contributed by atoms with Crippen molar-refractivity contribution in [3.63, 3.8) is 0 Å². The van der Waals surface area contributed by atoms with Crippen LogP contribution in [0.2, 0.25) is 0 Å². The topological polar surface area (TPSA) is 58.4 Å². The molecule has 1 aliphatic heterocycles. The van der Waals surface area contributed by atoms with Crippen LogP contribution in [0.5, 0.6) is 0 Å². The van der Waals surface area contributed by atoms with Crippen LogP contribution in [0.1, 0.15) is 63.8 Å². The normalized spacial score (nSPS) is 13.7. The zero-order valence-electron chi connectivity index (χ0n) is 31.8. The quantitative estimate of drug-likeness (QED) is 0.177. The first-order valence-corrected chi connectivity index (χ1v) is 19.7. The van der Waals surface area contributed by atoms with E-state index in [1.165, 1.54) is 11.1 Å². The second-order valence-electron chi connectivity index (χ2n) is 16.4. The van der Waals surface area contributed by atoms with Crippen molar-refractivity contribution in [2.75, 3.05) is 16.5 Å². The van der Waals surface area contributed by atoms with Crippen LogP contribution in [-0.2, 0) is 20.7 Å². The molecule has 7 heteroatoms. The van der Waals surface area contributed by atoms with E-state index in [2.05, 4.69) is 130 Å². The molecule has 0 bridgehead atoms. The number of sulfone groups is 1. The Kier molecular flexibility index (Phi) is 8.08. The number of fused-ring (bicyclic) bond motifs is 4. The van der Waals surface area contributed by atoms with Crippen molar-refractivity contribution in [3.8, 4) is 5.82 Å². The molecule has 0 saturated heterocycles. The summed E-state index contributed by atoms with van der Waals surface area (Å²) < 4.78 is 32.0. The number of para-hydroxylation sites is 2. The Labute approximate surface area is 313 Å². The monoisotopic (exact) mass is 718 g/mol. The summed E-state index contributed by atoms with van der Waals surface area (Å²) in [6.45, 7) is 17.8. The van der Waals surface area contributed by atoms with Crippen molar-refractivity contribution < 1.29 is 8.42 Å². The van der Waals surface area contributed by atoms with Gasteiger partial charge in [-0.2, -0.15) is 0 Å². The molecule has 7 aromatic rings. The number of benzene rings is 5. The molecule has 0 saturated carbocycles. The minimum absolute atomic E-state index is 0.0771. The number of hydrogen-bond donors (Lipinski definition) is 0. The molecule has 8 rings (SSSR count). The van der Waals surface area contributed by atoms with Gasteiger partial charge in [-0.15, -0.1) is 0 Å². The predicted octanol–water partition coefficient (Wildman–Crippen LogP) is 11.5. The Morgan fingerprint density at radius 1 is 0.566 bits per heavy atom. The van der Waals surface area contributed by atoms with E-state index in [9.17, 15) is 8.42 Å². The second kappa shape index (κ2) is 12.3. The second-order valence-corrected chi connectivity index (χ2v) is 18.4. The Balaban J connectivity index is 1.30. The molecule has 0 unspecified atom stereocenters. The minimum atomic E-state index is -3.97. The summed E-state index contributed by atoms with van der Waals surface area (Å²) in [5, 5.41) is 2.03. The lowest BCUT2D eigenvalue weighted by Gasteiger charge is -2.26. The van der Waals surface area contributed by atoms with E-state index >= 15 is 0 Å². The van der Waals surface area contributed by atoms with Crippen LogP contribution in [0.15, 0.2) is 131 Å². The first-order valence-electron chi connectivity index (χ1n) is 18.2. The molecule has 3 heterocycles. The molecule has 0 spiro atoms. The summed E-state index contributed by atoms with van der Waals surface area (Å²) >= 11 is 0. The van der Waals surface area contributed by atoms with E-state index < -0.39 is 9.84 Å². The fourth-order valence-corrected chi connectivity index (χ4v) is 8.74. The molecule has 0 aliphatic carbocycles. The maximum absolute atomic E-state index is 14.9. The fraction of sp³-hybridized carbons (Fsp3) is 0.239. The van der Waals surface area contributed by atoms with Gasteiger partial charge in [-0.05, 0) is 120 Å². The molecule has 5 aromatic carbocycles. The van der Waals surface area contributed by atoms with Gasteiger partial charge in [-0.25, -0.2) is 13.4 Å². The molecule has 6 nitrogen and oxygen atoms in total. The largest absolute Gasteiger partial charge is 0.321 e. The average Bonchev–Trinajstić information content (AvgIpc) is 3.66. The van der Waals surface area contributed by atoms with Crippen LogP contribution in [-0.4, -0.2) is 24.6 Å². The van der Waals surface area contributed by atoms with Crippen LogP contribution in [0.4, 0.5) is 22.7 Å². The van der Waals surface area contributed by atoms with E-state index in [1.807, 2.05) is 54.7 Å². The van der Waals surface area contributed by atoms with Gasteiger partial charge in [0.05, 0.1) is 32.2 Å². The zero-order valence-corrected chi connectivity index (χ0v) is 32.6. The van der Waals surface area contributed by atoms with Crippen molar-refractivity contribution >= 4 is 54.4 Å². The minimum Gasteiger partial charge on any atom is -0.321 e. The number of anilines is 4. The summed E-state index contributed by atoms with van der Waals surface area (Å²) in [6.07, 6.45) is 1.84. The summed E-state index contributed by atoms with van der Waals surface area (Å²) in [5.41, 5.74) is 10.0. The first kappa shape index (κ1) is 34.7. The van der Waals surface area contributed by atoms with Crippen molar-refractivity contribution in [3.05, 3.63) is 144 Å². The molecule has 53 heavy (non-hydrogen) atoms. The molecule has 0 atom stereocenters. The highest BCUT2D eigenvalue weighted by Crippen LogP contribution is 2.47. The number of hydrogen-bond acceptors (Lipinski definition) is 5.